The number of hydrogen-bond donors (Lipinski definition) is 0. The first-order chi connectivity index (χ1) is 10.8. The molecular formula is C19H22N2O2. The second kappa shape index (κ2) is 6.65. The van der Waals surface area contributed by atoms with Crippen LogP contribution in [0.2, 0.25) is 0 Å². The number of nitrogens with zero attached hydrogens (tertiary/aromatic N) is 2. The van der Waals surface area contributed by atoms with Crippen LogP contribution in [-0.4, -0.2) is 37.9 Å². The van der Waals surface area contributed by atoms with E-state index >= 15 is 0 Å². The Hall–Kier alpha value is -2.62. The van der Waals surface area contributed by atoms with Gasteiger partial charge in [0.05, 0.1) is 11.1 Å². The number of carbonyl (C=O) groups is 2. The molecule has 0 unspecified atom stereocenters. The third-order valence-corrected chi connectivity index (χ3v) is 3.81. The molecule has 120 valence electrons. The van der Waals surface area contributed by atoms with E-state index in [1.807, 2.05) is 32.0 Å². The zero-order valence-corrected chi connectivity index (χ0v) is 14.3. The van der Waals surface area contributed by atoms with E-state index < -0.39 is 0 Å². The van der Waals surface area contributed by atoms with Crippen molar-refractivity contribution in [3.8, 4) is 0 Å². The predicted molar refractivity (Wildman–Crippen MR) is 93.1 cm³/mol. The quantitative estimate of drug-likeness (QED) is 0.873. The third-order valence-electron chi connectivity index (χ3n) is 3.81. The Bertz CT molecular complexity index is 751. The van der Waals surface area contributed by atoms with Gasteiger partial charge in [-0.15, -0.1) is 0 Å². The fourth-order valence-corrected chi connectivity index (χ4v) is 2.57. The maximum Gasteiger partial charge on any atom is 0.258 e. The number of rotatable bonds is 3. The van der Waals surface area contributed by atoms with Gasteiger partial charge in [0.2, 0.25) is 0 Å². The summed E-state index contributed by atoms with van der Waals surface area (Å²) in [4.78, 5) is 28.3. The highest BCUT2D eigenvalue weighted by atomic mass is 16.2. The Kier molecular flexibility index (Phi) is 4.84. The second-order valence-electron chi connectivity index (χ2n) is 5.90. The number of anilines is 1. The van der Waals surface area contributed by atoms with Crippen molar-refractivity contribution in [3.05, 3.63) is 64.7 Å². The number of hydrogen-bond acceptors (Lipinski definition) is 2. The Morgan fingerprint density at radius 3 is 1.91 bits per heavy atom. The summed E-state index contributed by atoms with van der Waals surface area (Å²) in [5, 5.41) is 0. The summed E-state index contributed by atoms with van der Waals surface area (Å²) in [5.41, 5.74) is 3.84. The maximum absolute atomic E-state index is 12.9. The molecular weight excluding hydrogens is 288 g/mol. The topological polar surface area (TPSA) is 40.6 Å². The minimum atomic E-state index is -0.192. The Morgan fingerprint density at radius 2 is 1.39 bits per heavy atom. The van der Waals surface area contributed by atoms with E-state index in [1.54, 1.807) is 50.3 Å². The van der Waals surface area contributed by atoms with E-state index in [2.05, 4.69) is 0 Å². The molecule has 0 heterocycles. The monoisotopic (exact) mass is 310 g/mol. The molecule has 4 heteroatoms. The summed E-state index contributed by atoms with van der Waals surface area (Å²) in [6.45, 7) is 3.99. The first-order valence-electron chi connectivity index (χ1n) is 7.49. The molecule has 23 heavy (non-hydrogen) atoms. The molecule has 2 aromatic rings. The highest BCUT2D eigenvalue weighted by Gasteiger charge is 2.22. The van der Waals surface area contributed by atoms with Crippen molar-refractivity contribution < 1.29 is 9.59 Å². The molecule has 2 rings (SSSR count). The van der Waals surface area contributed by atoms with Crippen molar-refractivity contribution >= 4 is 17.5 Å². The smallest absolute Gasteiger partial charge is 0.258 e. The summed E-state index contributed by atoms with van der Waals surface area (Å²) < 4.78 is 0. The molecule has 0 saturated carbocycles. The average molecular weight is 310 g/mol. The molecule has 2 aromatic carbocycles. The Labute approximate surface area is 137 Å². The first kappa shape index (κ1) is 16.7. The van der Waals surface area contributed by atoms with Crippen molar-refractivity contribution in [1.29, 1.82) is 0 Å². The molecule has 0 aliphatic carbocycles. The van der Waals surface area contributed by atoms with Crippen LogP contribution in [0.5, 0.6) is 0 Å². The maximum atomic E-state index is 12.9. The lowest BCUT2D eigenvalue weighted by atomic mass is 10.0. The third kappa shape index (κ3) is 3.42. The zero-order chi connectivity index (χ0) is 17.1. The van der Waals surface area contributed by atoms with Gasteiger partial charge in [-0.2, -0.15) is 0 Å². The zero-order valence-electron chi connectivity index (χ0n) is 14.3. The lowest BCUT2D eigenvalue weighted by molar-refractivity contribution is 0.0820. The van der Waals surface area contributed by atoms with Crippen molar-refractivity contribution in [2.45, 2.75) is 13.8 Å². The lowest BCUT2D eigenvalue weighted by Gasteiger charge is -2.22. The largest absolute Gasteiger partial charge is 0.345 e. The number of amides is 2. The van der Waals surface area contributed by atoms with Gasteiger partial charge in [-0.05, 0) is 37.6 Å². The van der Waals surface area contributed by atoms with E-state index in [0.717, 1.165) is 16.8 Å². The van der Waals surface area contributed by atoms with Crippen LogP contribution in [0.3, 0.4) is 0 Å². The van der Waals surface area contributed by atoms with Crippen molar-refractivity contribution in [2.24, 2.45) is 0 Å². The van der Waals surface area contributed by atoms with Crippen LogP contribution in [0.25, 0.3) is 0 Å². The van der Waals surface area contributed by atoms with Crippen LogP contribution in [0, 0.1) is 13.8 Å². The van der Waals surface area contributed by atoms with Gasteiger partial charge in [0.1, 0.15) is 0 Å². The van der Waals surface area contributed by atoms with E-state index in [-0.39, 0.29) is 11.8 Å². The van der Waals surface area contributed by atoms with E-state index in [9.17, 15) is 9.59 Å². The van der Waals surface area contributed by atoms with Crippen molar-refractivity contribution in [2.75, 3.05) is 26.0 Å². The highest BCUT2D eigenvalue weighted by molar-refractivity contribution is 6.13. The first-order valence-corrected chi connectivity index (χ1v) is 7.49. The minimum Gasteiger partial charge on any atom is -0.345 e. The molecule has 0 aliphatic rings. The summed E-state index contributed by atoms with van der Waals surface area (Å²) >= 11 is 0. The number of benzene rings is 2. The van der Waals surface area contributed by atoms with Gasteiger partial charge in [-0.25, -0.2) is 0 Å². The Morgan fingerprint density at radius 1 is 0.826 bits per heavy atom. The van der Waals surface area contributed by atoms with Gasteiger partial charge in [0, 0.05) is 26.8 Å². The van der Waals surface area contributed by atoms with Crippen LogP contribution in [0.15, 0.2) is 42.5 Å². The van der Waals surface area contributed by atoms with E-state index in [4.69, 9.17) is 0 Å². The Balaban J connectivity index is 2.43. The van der Waals surface area contributed by atoms with Gasteiger partial charge in [0.25, 0.3) is 11.8 Å². The van der Waals surface area contributed by atoms with Crippen LogP contribution in [-0.2, 0) is 0 Å². The molecule has 0 saturated heterocycles. The van der Waals surface area contributed by atoms with E-state index in [0.29, 0.717) is 11.1 Å². The number of aryl methyl sites for hydroxylation is 2. The number of carbonyl (C=O) groups excluding carboxylic acids is 2. The predicted octanol–water partition coefficient (Wildman–Crippen LogP) is 3.28. The molecule has 4 nitrogen and oxygen atoms in total. The molecule has 0 N–H and O–H groups in total. The second-order valence-corrected chi connectivity index (χ2v) is 5.90. The molecule has 0 aromatic heterocycles. The van der Waals surface area contributed by atoms with Crippen molar-refractivity contribution in [3.63, 3.8) is 0 Å². The molecule has 2 amide bonds. The molecule has 0 bridgehead atoms. The average Bonchev–Trinajstić information content (AvgIpc) is 2.52. The van der Waals surface area contributed by atoms with Crippen LogP contribution < -0.4 is 4.90 Å². The molecule has 0 aliphatic heterocycles. The van der Waals surface area contributed by atoms with Crippen LogP contribution in [0.4, 0.5) is 5.69 Å². The van der Waals surface area contributed by atoms with Gasteiger partial charge >= 0.3 is 0 Å². The van der Waals surface area contributed by atoms with Crippen LogP contribution >= 0.6 is 0 Å². The van der Waals surface area contributed by atoms with Crippen LogP contribution in [0.1, 0.15) is 31.8 Å². The molecule has 0 atom stereocenters. The molecule has 0 radical (unpaired) electrons. The summed E-state index contributed by atoms with van der Waals surface area (Å²) in [7, 11) is 5.09. The fraction of sp³-hybridized carbons (Fsp3) is 0.263. The molecule has 0 spiro atoms. The summed E-state index contributed by atoms with van der Waals surface area (Å²) in [6.07, 6.45) is 0. The fourth-order valence-electron chi connectivity index (χ4n) is 2.57. The highest BCUT2D eigenvalue weighted by Crippen LogP contribution is 2.23. The normalized spacial score (nSPS) is 10.3. The van der Waals surface area contributed by atoms with E-state index in [1.165, 1.54) is 4.90 Å². The summed E-state index contributed by atoms with van der Waals surface area (Å²) in [5.74, 6) is -0.370. The van der Waals surface area contributed by atoms with Gasteiger partial charge in [0.15, 0.2) is 0 Å². The standard InChI is InChI=1S/C19H22N2O2/c1-13-10-11-17(14(2)12-13)21(5)19(23)16-9-7-6-8-15(16)18(22)20(3)4/h6-12H,1-5H3. The van der Waals surface area contributed by atoms with Gasteiger partial charge in [-0.1, -0.05) is 29.8 Å². The van der Waals surface area contributed by atoms with Crippen molar-refractivity contribution in [1.82, 2.24) is 4.90 Å². The lowest BCUT2D eigenvalue weighted by Crippen LogP contribution is -2.30. The minimum absolute atomic E-state index is 0.178. The summed E-state index contributed by atoms with van der Waals surface area (Å²) in [6, 6.07) is 12.9. The SMILES string of the molecule is Cc1ccc(N(C)C(=O)c2ccccc2C(=O)N(C)C)c(C)c1. The molecule has 0 fully saturated rings. The van der Waals surface area contributed by atoms with Gasteiger partial charge < -0.3 is 9.80 Å². The van der Waals surface area contributed by atoms with Gasteiger partial charge in [-0.3, -0.25) is 9.59 Å².